The van der Waals surface area contributed by atoms with Crippen molar-refractivity contribution in [3.8, 4) is 0 Å². The molecule has 0 spiro atoms. The van der Waals surface area contributed by atoms with Gasteiger partial charge in [0.15, 0.2) is 0 Å². The third-order valence-corrected chi connectivity index (χ3v) is 2.82. The maximum Gasteiger partial charge on any atom is 0.294 e. The summed E-state index contributed by atoms with van der Waals surface area (Å²) >= 11 is 5.53. The molecule has 0 fully saturated rings. The fraction of sp³-hybridized carbons (Fsp3) is 0.167. The van der Waals surface area contributed by atoms with Gasteiger partial charge >= 0.3 is 0 Å². The van der Waals surface area contributed by atoms with Crippen LogP contribution < -0.4 is 5.32 Å². The van der Waals surface area contributed by atoms with Gasteiger partial charge in [0.2, 0.25) is 0 Å². The van der Waals surface area contributed by atoms with E-state index in [2.05, 4.69) is 15.3 Å². The van der Waals surface area contributed by atoms with Crippen molar-refractivity contribution in [2.75, 3.05) is 5.32 Å². The fourth-order valence-electron chi connectivity index (χ4n) is 1.53. The molecule has 0 atom stereocenters. The number of hydrogen-bond acceptors (Lipinski definition) is 5. The molecule has 1 N–H and O–H groups in total. The predicted molar refractivity (Wildman–Crippen MR) is 72.2 cm³/mol. The highest BCUT2D eigenvalue weighted by molar-refractivity contribution is 6.31. The van der Waals surface area contributed by atoms with Gasteiger partial charge in [0.25, 0.3) is 5.69 Å². The minimum Gasteiger partial charge on any atom is -0.374 e. The summed E-state index contributed by atoms with van der Waals surface area (Å²) in [5, 5.41) is 13.4. The standard InChI is InChI=1S/C12H10ClFN4O2/c1-7-4-16-8(5-15-7)6-17-11-3-10(14)9(13)2-12(11)18(19)20/h2-5,17H,6H2,1H3. The van der Waals surface area contributed by atoms with Crippen molar-refractivity contribution in [1.82, 2.24) is 9.97 Å². The molecule has 8 heteroatoms. The van der Waals surface area contributed by atoms with E-state index in [1.165, 1.54) is 0 Å². The lowest BCUT2D eigenvalue weighted by Gasteiger charge is -2.07. The Labute approximate surface area is 118 Å². The maximum absolute atomic E-state index is 13.4. The molecule has 0 radical (unpaired) electrons. The quantitative estimate of drug-likeness (QED) is 0.692. The summed E-state index contributed by atoms with van der Waals surface area (Å²) < 4.78 is 13.4. The van der Waals surface area contributed by atoms with Crippen molar-refractivity contribution in [3.05, 3.63) is 56.9 Å². The predicted octanol–water partition coefficient (Wildman–Crippen LogP) is 3.10. The van der Waals surface area contributed by atoms with Crippen LogP contribution in [0, 0.1) is 22.9 Å². The minimum absolute atomic E-state index is 0.0410. The zero-order valence-electron chi connectivity index (χ0n) is 10.4. The third kappa shape index (κ3) is 3.18. The number of aryl methyl sites for hydroxylation is 1. The fourth-order valence-corrected chi connectivity index (χ4v) is 1.68. The highest BCUT2D eigenvalue weighted by Crippen LogP contribution is 2.30. The molecular formula is C12H10ClFN4O2. The molecule has 0 aliphatic heterocycles. The molecule has 1 aromatic carbocycles. The second kappa shape index (κ2) is 5.79. The SMILES string of the molecule is Cc1cnc(CNc2cc(F)c(Cl)cc2[N+](=O)[O-])cn1. The molecule has 104 valence electrons. The molecule has 1 aromatic heterocycles. The van der Waals surface area contributed by atoms with E-state index in [0.29, 0.717) is 5.69 Å². The number of rotatable bonds is 4. The van der Waals surface area contributed by atoms with Gasteiger partial charge in [0.05, 0.1) is 34.1 Å². The molecule has 0 unspecified atom stereocenters. The van der Waals surface area contributed by atoms with Gasteiger partial charge in [-0.3, -0.25) is 20.1 Å². The molecule has 0 aliphatic rings. The van der Waals surface area contributed by atoms with Crippen molar-refractivity contribution >= 4 is 23.0 Å². The molecule has 6 nitrogen and oxygen atoms in total. The molecule has 20 heavy (non-hydrogen) atoms. The molecule has 0 saturated heterocycles. The van der Waals surface area contributed by atoms with Crippen LogP contribution >= 0.6 is 11.6 Å². The molecule has 1 heterocycles. The van der Waals surface area contributed by atoms with Crippen molar-refractivity contribution < 1.29 is 9.31 Å². The van der Waals surface area contributed by atoms with Crippen LogP contribution in [0.3, 0.4) is 0 Å². The molecule has 0 saturated carbocycles. The summed E-state index contributed by atoms with van der Waals surface area (Å²) in [4.78, 5) is 18.4. The van der Waals surface area contributed by atoms with Crippen LogP contribution in [0.25, 0.3) is 0 Å². The van der Waals surface area contributed by atoms with Gasteiger partial charge in [-0.2, -0.15) is 0 Å². The summed E-state index contributed by atoms with van der Waals surface area (Å²) in [5.41, 5.74) is 1.09. The van der Waals surface area contributed by atoms with E-state index >= 15 is 0 Å². The van der Waals surface area contributed by atoms with E-state index in [4.69, 9.17) is 11.6 Å². The van der Waals surface area contributed by atoms with Crippen molar-refractivity contribution in [2.24, 2.45) is 0 Å². The average molecular weight is 297 g/mol. The van der Waals surface area contributed by atoms with Crippen molar-refractivity contribution in [3.63, 3.8) is 0 Å². The van der Waals surface area contributed by atoms with E-state index < -0.39 is 10.7 Å². The smallest absolute Gasteiger partial charge is 0.294 e. The van der Waals surface area contributed by atoms with Crippen LogP contribution in [-0.4, -0.2) is 14.9 Å². The van der Waals surface area contributed by atoms with E-state index in [9.17, 15) is 14.5 Å². The highest BCUT2D eigenvalue weighted by atomic mass is 35.5. The average Bonchev–Trinajstić information content (AvgIpc) is 2.41. The topological polar surface area (TPSA) is 81.0 Å². The normalized spacial score (nSPS) is 10.3. The largest absolute Gasteiger partial charge is 0.374 e. The summed E-state index contributed by atoms with van der Waals surface area (Å²) in [7, 11) is 0. The van der Waals surface area contributed by atoms with Gasteiger partial charge in [-0.1, -0.05) is 11.6 Å². The number of nitro groups is 1. The Kier molecular flexibility index (Phi) is 4.09. The first-order valence-corrected chi connectivity index (χ1v) is 6.00. The number of aromatic nitrogens is 2. The Hall–Kier alpha value is -2.28. The maximum atomic E-state index is 13.4. The van der Waals surface area contributed by atoms with Crippen LogP contribution in [0.1, 0.15) is 11.4 Å². The van der Waals surface area contributed by atoms with Gasteiger partial charge in [-0.25, -0.2) is 4.39 Å². The summed E-state index contributed by atoms with van der Waals surface area (Å²) in [6.07, 6.45) is 3.12. The van der Waals surface area contributed by atoms with Crippen LogP contribution in [0.15, 0.2) is 24.5 Å². The van der Waals surface area contributed by atoms with Crippen LogP contribution in [0.2, 0.25) is 5.02 Å². The summed E-state index contributed by atoms with van der Waals surface area (Å²) in [6, 6.07) is 1.96. The molecule has 0 aliphatic carbocycles. The third-order valence-electron chi connectivity index (χ3n) is 2.53. The van der Waals surface area contributed by atoms with Gasteiger partial charge in [0.1, 0.15) is 11.5 Å². The highest BCUT2D eigenvalue weighted by Gasteiger charge is 2.17. The zero-order valence-corrected chi connectivity index (χ0v) is 11.2. The Morgan fingerprint density at radius 2 is 2.15 bits per heavy atom. The minimum atomic E-state index is -0.727. The first kappa shape index (κ1) is 14.1. The molecule has 0 amide bonds. The molecule has 2 rings (SSSR count). The van der Waals surface area contributed by atoms with Crippen molar-refractivity contribution in [2.45, 2.75) is 13.5 Å². The zero-order chi connectivity index (χ0) is 14.7. The molecule has 0 bridgehead atoms. The number of nitrogens with zero attached hydrogens (tertiary/aromatic N) is 3. The summed E-state index contributed by atoms with van der Waals surface area (Å²) in [5.74, 6) is -0.727. The van der Waals surface area contributed by atoms with Gasteiger partial charge in [0, 0.05) is 18.3 Å². The first-order valence-electron chi connectivity index (χ1n) is 5.62. The Balaban J connectivity index is 2.22. The number of benzene rings is 1. The second-order valence-corrected chi connectivity index (χ2v) is 4.45. The summed E-state index contributed by atoms with van der Waals surface area (Å²) in [6.45, 7) is 1.98. The van der Waals surface area contributed by atoms with E-state index in [1.54, 1.807) is 19.3 Å². The number of hydrogen-bond donors (Lipinski definition) is 1. The molecular weight excluding hydrogens is 287 g/mol. The van der Waals surface area contributed by atoms with Gasteiger partial charge < -0.3 is 5.32 Å². The second-order valence-electron chi connectivity index (χ2n) is 4.04. The lowest BCUT2D eigenvalue weighted by atomic mass is 10.2. The van der Waals surface area contributed by atoms with Crippen LogP contribution in [0.4, 0.5) is 15.8 Å². The Bertz CT molecular complexity index is 649. The Morgan fingerprint density at radius 1 is 1.40 bits per heavy atom. The van der Waals surface area contributed by atoms with Crippen molar-refractivity contribution in [1.29, 1.82) is 0 Å². The van der Waals surface area contributed by atoms with E-state index in [-0.39, 0.29) is 22.9 Å². The lowest BCUT2D eigenvalue weighted by Crippen LogP contribution is -2.05. The number of anilines is 1. The van der Waals surface area contributed by atoms with Gasteiger partial charge in [-0.15, -0.1) is 0 Å². The molecule has 2 aromatic rings. The first-order chi connectivity index (χ1) is 9.47. The Morgan fingerprint density at radius 3 is 2.75 bits per heavy atom. The van der Waals surface area contributed by atoms with Gasteiger partial charge in [-0.05, 0) is 6.92 Å². The van der Waals surface area contributed by atoms with Crippen LogP contribution in [-0.2, 0) is 6.54 Å². The number of nitro benzene ring substituents is 1. The van der Waals surface area contributed by atoms with E-state index in [1.807, 2.05) is 0 Å². The van der Waals surface area contributed by atoms with E-state index in [0.717, 1.165) is 17.8 Å². The number of halogens is 2. The lowest BCUT2D eigenvalue weighted by molar-refractivity contribution is -0.384. The monoisotopic (exact) mass is 296 g/mol. The van der Waals surface area contributed by atoms with Crippen LogP contribution in [0.5, 0.6) is 0 Å². The number of nitrogens with one attached hydrogen (secondary N) is 1.